The van der Waals surface area contributed by atoms with E-state index in [0.29, 0.717) is 25.3 Å². The second kappa shape index (κ2) is 9.02. The Labute approximate surface area is 202 Å². The van der Waals surface area contributed by atoms with Gasteiger partial charge in [0.2, 0.25) is 0 Å². The number of nitrogens with zero attached hydrogens (tertiary/aromatic N) is 2. The van der Waals surface area contributed by atoms with Crippen molar-refractivity contribution in [3.63, 3.8) is 0 Å². The van der Waals surface area contributed by atoms with E-state index in [1.807, 2.05) is 6.08 Å². The van der Waals surface area contributed by atoms with Crippen LogP contribution in [-0.4, -0.2) is 18.9 Å². The topological polar surface area (TPSA) is 45.4 Å². The first-order valence-electron chi connectivity index (χ1n) is 10.6. The minimum atomic E-state index is -1.64. The van der Waals surface area contributed by atoms with Gasteiger partial charge in [-0.25, -0.2) is 8.78 Å². The molecule has 0 aromatic heterocycles. The molecule has 2 aromatic carbocycles. The fourth-order valence-corrected chi connectivity index (χ4v) is 4.94. The molecule has 0 amide bonds. The van der Waals surface area contributed by atoms with Crippen LogP contribution in [0.25, 0.3) is 5.57 Å². The Morgan fingerprint density at radius 2 is 2.00 bits per heavy atom. The monoisotopic (exact) mass is 486 g/mol. The molecule has 0 unspecified atom stereocenters. The molecule has 1 atom stereocenters. The molecule has 4 rings (SSSR count). The third kappa shape index (κ3) is 4.12. The molecule has 7 heteroatoms. The Kier molecular flexibility index (Phi) is 6.46. The lowest BCUT2D eigenvalue weighted by molar-refractivity contribution is 0.146. The third-order valence-electron chi connectivity index (χ3n) is 6.37. The van der Waals surface area contributed by atoms with Gasteiger partial charge in [0.05, 0.1) is 24.3 Å². The van der Waals surface area contributed by atoms with Gasteiger partial charge in [-0.05, 0) is 36.5 Å². The quantitative estimate of drug-likeness (QED) is 0.416. The van der Waals surface area contributed by atoms with Gasteiger partial charge in [0.1, 0.15) is 11.6 Å². The fraction of sp³-hybridized carbons (Fsp3) is 0.308. The molecule has 2 aromatic rings. The van der Waals surface area contributed by atoms with E-state index in [2.05, 4.69) is 24.9 Å². The molecule has 2 aliphatic heterocycles. The van der Waals surface area contributed by atoms with Gasteiger partial charge in [-0.3, -0.25) is 4.99 Å². The summed E-state index contributed by atoms with van der Waals surface area (Å²) in [5.74, 6) is -1.34. The number of hydrogen-bond acceptors (Lipinski definition) is 3. The molecule has 3 nitrogen and oxygen atoms in total. The van der Waals surface area contributed by atoms with Crippen LogP contribution in [0.15, 0.2) is 59.2 Å². The predicted molar refractivity (Wildman–Crippen MR) is 127 cm³/mol. The number of nitriles is 1. The van der Waals surface area contributed by atoms with Crippen molar-refractivity contribution < 1.29 is 13.5 Å². The van der Waals surface area contributed by atoms with Gasteiger partial charge in [-0.1, -0.05) is 66.9 Å². The Bertz CT molecular complexity index is 1240. The van der Waals surface area contributed by atoms with Crippen molar-refractivity contribution in [2.75, 3.05) is 13.2 Å². The Hall–Kier alpha value is -2.52. The number of halogens is 4. The minimum absolute atomic E-state index is 0.0769. The first-order chi connectivity index (χ1) is 15.7. The minimum Gasteiger partial charge on any atom is -0.377 e. The highest BCUT2D eigenvalue weighted by molar-refractivity contribution is 6.31. The molecule has 2 aliphatic rings. The smallest absolute Gasteiger partial charge is 0.150 e. The largest absolute Gasteiger partial charge is 0.377 e. The van der Waals surface area contributed by atoms with Gasteiger partial charge in [0.15, 0.2) is 5.41 Å². The maximum atomic E-state index is 15.3. The highest BCUT2D eigenvalue weighted by Crippen LogP contribution is 2.49. The van der Waals surface area contributed by atoms with E-state index in [9.17, 15) is 5.26 Å². The van der Waals surface area contributed by atoms with E-state index in [1.165, 1.54) is 36.0 Å². The van der Waals surface area contributed by atoms with Gasteiger partial charge < -0.3 is 4.74 Å². The lowest BCUT2D eigenvalue weighted by atomic mass is 9.65. The van der Waals surface area contributed by atoms with E-state index >= 15 is 8.78 Å². The standard InChI is InChI=1S/C26H22Cl2F2N2O/c1-25(2,16-8-10-33-11-9-16)13-23-26(15-31,19-7-6-17(27)12-22(19)29)20(14-32-23)18-4-3-5-21(28)24(18)30/h3-8,12,14H,9-11,13H2,1-2H3/t26-/m1/s1. The summed E-state index contributed by atoms with van der Waals surface area (Å²) in [7, 11) is 0. The molecule has 0 bridgehead atoms. The predicted octanol–water partition coefficient (Wildman–Crippen LogP) is 7.29. The van der Waals surface area contributed by atoms with E-state index in [4.69, 9.17) is 27.9 Å². The van der Waals surface area contributed by atoms with Crippen LogP contribution < -0.4 is 0 Å². The molecule has 0 saturated heterocycles. The summed E-state index contributed by atoms with van der Waals surface area (Å²) in [6.45, 7) is 5.27. The van der Waals surface area contributed by atoms with Crippen LogP contribution in [0.1, 0.15) is 37.8 Å². The van der Waals surface area contributed by atoms with Crippen molar-refractivity contribution >= 4 is 34.5 Å². The average molecular weight is 487 g/mol. The molecular weight excluding hydrogens is 465 g/mol. The van der Waals surface area contributed by atoms with Crippen LogP contribution in [0.5, 0.6) is 0 Å². The van der Waals surface area contributed by atoms with Gasteiger partial charge in [-0.2, -0.15) is 5.26 Å². The maximum Gasteiger partial charge on any atom is 0.150 e. The zero-order chi connectivity index (χ0) is 23.8. The number of allylic oxidation sites excluding steroid dienone is 1. The van der Waals surface area contributed by atoms with Gasteiger partial charge >= 0.3 is 0 Å². The summed E-state index contributed by atoms with van der Waals surface area (Å²) in [6, 6.07) is 11.0. The number of aliphatic imine (C=N–C) groups is 1. The Morgan fingerprint density at radius 1 is 1.21 bits per heavy atom. The van der Waals surface area contributed by atoms with E-state index in [0.717, 1.165) is 12.5 Å². The molecule has 0 fully saturated rings. The molecular formula is C26H22Cl2F2N2O. The number of rotatable bonds is 5. The molecule has 0 N–H and O–H groups in total. The van der Waals surface area contributed by atoms with Crippen molar-refractivity contribution in [1.29, 1.82) is 5.26 Å². The molecule has 2 heterocycles. The summed E-state index contributed by atoms with van der Waals surface area (Å²) < 4.78 is 35.8. The zero-order valence-electron chi connectivity index (χ0n) is 18.3. The molecule has 0 spiro atoms. The molecule has 0 radical (unpaired) electrons. The first kappa shape index (κ1) is 23.6. The number of hydrogen-bond donors (Lipinski definition) is 0. The second-order valence-corrected chi connectivity index (χ2v) is 9.66. The van der Waals surface area contributed by atoms with Crippen LogP contribution in [0.3, 0.4) is 0 Å². The first-order valence-corrected chi connectivity index (χ1v) is 11.3. The highest BCUT2D eigenvalue weighted by atomic mass is 35.5. The van der Waals surface area contributed by atoms with Crippen molar-refractivity contribution in [1.82, 2.24) is 0 Å². The Morgan fingerprint density at radius 3 is 2.67 bits per heavy atom. The van der Waals surface area contributed by atoms with Crippen LogP contribution >= 0.6 is 23.2 Å². The van der Waals surface area contributed by atoms with Gasteiger partial charge in [-0.15, -0.1) is 0 Å². The lowest BCUT2D eigenvalue weighted by Gasteiger charge is -2.35. The van der Waals surface area contributed by atoms with Crippen LogP contribution in [0.2, 0.25) is 10.0 Å². The summed E-state index contributed by atoms with van der Waals surface area (Å²) >= 11 is 12.0. The van der Waals surface area contributed by atoms with E-state index < -0.39 is 17.0 Å². The Balaban J connectivity index is 1.88. The normalized spacial score (nSPS) is 20.7. The van der Waals surface area contributed by atoms with Crippen molar-refractivity contribution in [3.8, 4) is 6.07 Å². The van der Waals surface area contributed by atoms with Crippen LogP contribution in [0, 0.1) is 28.4 Å². The van der Waals surface area contributed by atoms with Crippen molar-refractivity contribution in [2.45, 2.75) is 32.1 Å². The van der Waals surface area contributed by atoms with Crippen molar-refractivity contribution in [3.05, 3.63) is 87.1 Å². The third-order valence-corrected chi connectivity index (χ3v) is 6.90. The van der Waals surface area contributed by atoms with E-state index in [1.54, 1.807) is 6.07 Å². The molecule has 0 aliphatic carbocycles. The lowest BCUT2D eigenvalue weighted by Crippen LogP contribution is -2.38. The van der Waals surface area contributed by atoms with Gasteiger partial charge in [0.25, 0.3) is 0 Å². The van der Waals surface area contributed by atoms with E-state index in [-0.39, 0.29) is 32.2 Å². The summed E-state index contributed by atoms with van der Waals surface area (Å²) in [6.07, 6.45) is 4.63. The summed E-state index contributed by atoms with van der Waals surface area (Å²) in [5, 5.41) is 10.7. The fourth-order valence-electron chi connectivity index (χ4n) is 4.61. The van der Waals surface area contributed by atoms with Crippen LogP contribution in [-0.2, 0) is 10.2 Å². The van der Waals surface area contributed by atoms with Crippen molar-refractivity contribution in [2.24, 2.45) is 10.4 Å². The number of benzene rings is 2. The molecule has 0 saturated carbocycles. The SMILES string of the molecule is CC(C)(CC1=NC=C(c2cccc(Cl)c2F)[C@@]1(C#N)c1ccc(Cl)cc1F)C1=CCOCC1. The second-order valence-electron chi connectivity index (χ2n) is 8.82. The summed E-state index contributed by atoms with van der Waals surface area (Å²) in [4.78, 5) is 4.57. The van der Waals surface area contributed by atoms with Gasteiger partial charge in [0, 0.05) is 33.6 Å². The molecule has 33 heavy (non-hydrogen) atoms. The van der Waals surface area contributed by atoms with Crippen LogP contribution in [0.4, 0.5) is 8.78 Å². The number of ether oxygens (including phenoxy) is 1. The zero-order valence-corrected chi connectivity index (χ0v) is 19.8. The average Bonchev–Trinajstić information content (AvgIpc) is 3.14. The summed E-state index contributed by atoms with van der Waals surface area (Å²) in [5.41, 5.74) is 0.0546. The highest BCUT2D eigenvalue weighted by Gasteiger charge is 2.49. The maximum absolute atomic E-state index is 15.3. The molecule has 170 valence electrons.